The maximum atomic E-state index is 12.8. The van der Waals surface area contributed by atoms with Gasteiger partial charge in [0.15, 0.2) is 0 Å². The van der Waals surface area contributed by atoms with Crippen LogP contribution in [0, 0.1) is 5.92 Å². The van der Waals surface area contributed by atoms with Crippen molar-refractivity contribution < 1.29 is 9.59 Å². The molecule has 1 aliphatic rings. The van der Waals surface area contributed by atoms with E-state index in [9.17, 15) is 9.59 Å². The van der Waals surface area contributed by atoms with E-state index in [4.69, 9.17) is 0 Å². The van der Waals surface area contributed by atoms with Crippen LogP contribution >= 0.6 is 11.8 Å². The van der Waals surface area contributed by atoms with E-state index in [0.717, 1.165) is 42.9 Å². The molecule has 1 saturated heterocycles. The summed E-state index contributed by atoms with van der Waals surface area (Å²) in [6, 6.07) is 18.3. The molecule has 1 fully saturated rings. The molecule has 2 aromatic rings. The van der Waals surface area contributed by atoms with E-state index in [1.54, 1.807) is 11.8 Å². The van der Waals surface area contributed by atoms with E-state index in [1.165, 1.54) is 12.5 Å². The molecule has 2 amide bonds. The second-order valence-electron chi connectivity index (χ2n) is 7.42. The highest BCUT2D eigenvalue weighted by Gasteiger charge is 2.26. The Kier molecular flexibility index (Phi) is 7.15. The van der Waals surface area contributed by atoms with Crippen molar-refractivity contribution in [1.82, 2.24) is 4.90 Å². The monoisotopic (exact) mass is 396 g/mol. The van der Waals surface area contributed by atoms with Crippen molar-refractivity contribution >= 4 is 29.3 Å². The Hall–Kier alpha value is -2.27. The normalized spacial score (nSPS) is 15.9. The standard InChI is InChI=1S/C23H28N2O2S/c1-17(28-22-10-8-21(9-11-22)24-18(2)26)23(27)25-14-12-20(13-15-25)16-19-6-4-3-5-7-19/h3-11,17,20H,12-16H2,1-2H3,(H,24,26)/t17-/m1/s1. The molecule has 148 valence electrons. The first kappa shape index (κ1) is 20.5. The van der Waals surface area contributed by atoms with Gasteiger partial charge in [-0.2, -0.15) is 0 Å². The number of nitrogens with zero attached hydrogens (tertiary/aromatic N) is 1. The number of benzene rings is 2. The van der Waals surface area contributed by atoms with E-state index < -0.39 is 0 Å². The minimum Gasteiger partial charge on any atom is -0.342 e. The van der Waals surface area contributed by atoms with Crippen molar-refractivity contribution in [3.05, 3.63) is 60.2 Å². The Bertz CT molecular complexity index is 784. The van der Waals surface area contributed by atoms with Gasteiger partial charge >= 0.3 is 0 Å². The van der Waals surface area contributed by atoms with Gasteiger partial charge in [-0.25, -0.2) is 0 Å². The number of hydrogen-bond acceptors (Lipinski definition) is 3. The average molecular weight is 397 g/mol. The zero-order valence-electron chi connectivity index (χ0n) is 16.6. The average Bonchev–Trinajstić information content (AvgIpc) is 2.70. The topological polar surface area (TPSA) is 49.4 Å². The third-order valence-electron chi connectivity index (χ3n) is 5.13. The summed E-state index contributed by atoms with van der Waals surface area (Å²) in [4.78, 5) is 27.0. The van der Waals surface area contributed by atoms with E-state index in [2.05, 4.69) is 35.6 Å². The first-order chi connectivity index (χ1) is 13.5. The van der Waals surface area contributed by atoms with Gasteiger partial charge in [0.1, 0.15) is 0 Å². The molecule has 0 spiro atoms. The Labute approximate surface area is 171 Å². The van der Waals surface area contributed by atoms with E-state index in [0.29, 0.717) is 5.92 Å². The molecule has 0 saturated carbocycles. The van der Waals surface area contributed by atoms with Gasteiger partial charge in [0, 0.05) is 30.6 Å². The summed E-state index contributed by atoms with van der Waals surface area (Å²) in [6.07, 6.45) is 3.25. The molecule has 4 nitrogen and oxygen atoms in total. The van der Waals surface area contributed by atoms with Gasteiger partial charge in [-0.1, -0.05) is 30.3 Å². The van der Waals surface area contributed by atoms with Gasteiger partial charge in [-0.05, 0) is 61.9 Å². The maximum Gasteiger partial charge on any atom is 0.235 e. The predicted octanol–water partition coefficient (Wildman–Crippen LogP) is 4.61. The van der Waals surface area contributed by atoms with Crippen molar-refractivity contribution in [3.63, 3.8) is 0 Å². The highest BCUT2D eigenvalue weighted by molar-refractivity contribution is 8.00. The van der Waals surface area contributed by atoms with Crippen molar-refractivity contribution in [2.24, 2.45) is 5.92 Å². The molecular weight excluding hydrogens is 368 g/mol. The Morgan fingerprint density at radius 2 is 1.71 bits per heavy atom. The highest BCUT2D eigenvalue weighted by atomic mass is 32.2. The Morgan fingerprint density at radius 1 is 1.07 bits per heavy atom. The van der Waals surface area contributed by atoms with Crippen molar-refractivity contribution in [3.8, 4) is 0 Å². The summed E-state index contributed by atoms with van der Waals surface area (Å²) in [6.45, 7) is 5.17. The number of anilines is 1. The van der Waals surface area contributed by atoms with Crippen LogP contribution in [0.3, 0.4) is 0 Å². The molecule has 1 heterocycles. The van der Waals surface area contributed by atoms with Gasteiger partial charge < -0.3 is 10.2 Å². The minimum absolute atomic E-state index is 0.0837. The second kappa shape index (κ2) is 9.78. The molecule has 1 aliphatic heterocycles. The zero-order chi connectivity index (χ0) is 19.9. The lowest BCUT2D eigenvalue weighted by atomic mass is 9.90. The first-order valence-electron chi connectivity index (χ1n) is 9.88. The van der Waals surface area contributed by atoms with Gasteiger partial charge in [0.2, 0.25) is 11.8 Å². The molecule has 0 radical (unpaired) electrons. The SMILES string of the molecule is CC(=O)Nc1ccc(S[C@H](C)C(=O)N2CCC(Cc3ccccc3)CC2)cc1. The molecule has 1 atom stereocenters. The van der Waals surface area contributed by atoms with Crippen molar-refractivity contribution in [2.75, 3.05) is 18.4 Å². The largest absolute Gasteiger partial charge is 0.342 e. The maximum absolute atomic E-state index is 12.8. The van der Waals surface area contributed by atoms with E-state index >= 15 is 0 Å². The summed E-state index contributed by atoms with van der Waals surface area (Å²) >= 11 is 1.57. The molecule has 0 unspecified atom stereocenters. The number of carbonyl (C=O) groups is 2. The van der Waals surface area contributed by atoms with Crippen LogP contribution in [0.5, 0.6) is 0 Å². The zero-order valence-corrected chi connectivity index (χ0v) is 17.4. The Balaban J connectivity index is 1.47. The summed E-state index contributed by atoms with van der Waals surface area (Å²) in [7, 11) is 0. The molecule has 5 heteroatoms. The Morgan fingerprint density at radius 3 is 2.32 bits per heavy atom. The van der Waals surface area contributed by atoms with Gasteiger partial charge in [-0.3, -0.25) is 9.59 Å². The summed E-state index contributed by atoms with van der Waals surface area (Å²) in [5.74, 6) is 0.796. The number of hydrogen-bond donors (Lipinski definition) is 1. The fraction of sp³-hybridized carbons (Fsp3) is 0.391. The van der Waals surface area contributed by atoms with Gasteiger partial charge in [0.05, 0.1) is 5.25 Å². The molecule has 0 bridgehead atoms. The van der Waals surface area contributed by atoms with Crippen LogP contribution in [-0.4, -0.2) is 35.1 Å². The first-order valence-corrected chi connectivity index (χ1v) is 10.8. The minimum atomic E-state index is -0.114. The highest BCUT2D eigenvalue weighted by Crippen LogP contribution is 2.28. The fourth-order valence-electron chi connectivity index (χ4n) is 3.64. The fourth-order valence-corrected chi connectivity index (χ4v) is 4.59. The van der Waals surface area contributed by atoms with Crippen LogP contribution in [0.15, 0.2) is 59.5 Å². The number of nitrogens with one attached hydrogen (secondary N) is 1. The lowest BCUT2D eigenvalue weighted by Crippen LogP contribution is -2.42. The van der Waals surface area contributed by atoms with Crippen molar-refractivity contribution in [1.29, 1.82) is 0 Å². The number of piperidine rings is 1. The quantitative estimate of drug-likeness (QED) is 0.726. The molecule has 0 aliphatic carbocycles. The number of carbonyl (C=O) groups excluding carboxylic acids is 2. The third-order valence-corrected chi connectivity index (χ3v) is 6.23. The van der Waals surface area contributed by atoms with Crippen LogP contribution in [0.25, 0.3) is 0 Å². The molecule has 3 rings (SSSR count). The molecule has 2 aromatic carbocycles. The second-order valence-corrected chi connectivity index (χ2v) is 8.84. The van der Waals surface area contributed by atoms with Crippen LogP contribution in [0.4, 0.5) is 5.69 Å². The predicted molar refractivity (Wildman–Crippen MR) is 116 cm³/mol. The van der Waals surface area contributed by atoms with Gasteiger partial charge in [-0.15, -0.1) is 11.8 Å². The van der Waals surface area contributed by atoms with Crippen LogP contribution in [0.2, 0.25) is 0 Å². The van der Waals surface area contributed by atoms with Crippen LogP contribution < -0.4 is 5.32 Å². The lowest BCUT2D eigenvalue weighted by Gasteiger charge is -2.33. The summed E-state index contributed by atoms with van der Waals surface area (Å²) in [5.41, 5.74) is 2.16. The van der Waals surface area contributed by atoms with E-state index in [-0.39, 0.29) is 17.1 Å². The molecule has 28 heavy (non-hydrogen) atoms. The van der Waals surface area contributed by atoms with E-state index in [1.807, 2.05) is 36.1 Å². The van der Waals surface area contributed by atoms with Crippen LogP contribution in [0.1, 0.15) is 32.3 Å². The molecule has 1 N–H and O–H groups in total. The molecular formula is C23H28N2O2S. The van der Waals surface area contributed by atoms with Crippen LogP contribution in [-0.2, 0) is 16.0 Å². The lowest BCUT2D eigenvalue weighted by molar-refractivity contribution is -0.131. The summed E-state index contributed by atoms with van der Waals surface area (Å²) in [5, 5.41) is 2.64. The summed E-state index contributed by atoms with van der Waals surface area (Å²) < 4.78 is 0. The van der Waals surface area contributed by atoms with Crippen molar-refractivity contribution in [2.45, 2.75) is 43.3 Å². The number of thioether (sulfide) groups is 1. The number of likely N-dealkylation sites (tertiary alicyclic amines) is 1. The molecule has 0 aromatic heterocycles. The number of rotatable bonds is 6. The number of amides is 2. The smallest absolute Gasteiger partial charge is 0.235 e. The third kappa shape index (κ3) is 5.86. The van der Waals surface area contributed by atoms with Gasteiger partial charge in [0.25, 0.3) is 0 Å².